The third kappa shape index (κ3) is 2.85. The Morgan fingerprint density at radius 3 is 2.64 bits per heavy atom. The van der Waals surface area contributed by atoms with Gasteiger partial charge in [0.05, 0.1) is 6.20 Å². The number of nitrogens with zero attached hydrogens (tertiary/aromatic N) is 5. The molecule has 1 amide bonds. The minimum absolute atomic E-state index is 0.00758. The van der Waals surface area contributed by atoms with Crippen LogP contribution in [0.25, 0.3) is 0 Å². The number of carboxylic acid groups (broad SMARTS) is 1. The summed E-state index contributed by atoms with van der Waals surface area (Å²) in [6, 6.07) is 0.681. The van der Waals surface area contributed by atoms with Crippen LogP contribution in [0.5, 0.6) is 0 Å². The molecule has 8 heteroatoms. The molecule has 2 rings (SSSR count). The smallest absolute Gasteiger partial charge is 0.354 e. The van der Waals surface area contributed by atoms with Crippen molar-refractivity contribution >= 4 is 11.9 Å². The number of aromatic nitrogens is 4. The molecule has 0 aromatic carbocycles. The lowest BCUT2D eigenvalue weighted by atomic mass is 10.2. The molecule has 1 atom stereocenters. The van der Waals surface area contributed by atoms with Crippen LogP contribution in [0, 0.1) is 6.92 Å². The SMILES string of the molecule is Cc1c(CN(C)C(=O)C(C)n2nccc2C(=O)O)cnn1C. The molecule has 0 fully saturated rings. The van der Waals surface area contributed by atoms with E-state index in [1.54, 1.807) is 29.7 Å². The van der Waals surface area contributed by atoms with Gasteiger partial charge in [-0.05, 0) is 19.9 Å². The Balaban J connectivity index is 2.14. The number of aromatic carboxylic acids is 1. The van der Waals surface area contributed by atoms with Crippen molar-refractivity contribution in [2.24, 2.45) is 7.05 Å². The van der Waals surface area contributed by atoms with Gasteiger partial charge in [-0.2, -0.15) is 10.2 Å². The number of carbonyl (C=O) groups is 2. The second-order valence-corrected chi connectivity index (χ2v) is 5.22. The number of aryl methyl sites for hydroxylation is 1. The quantitative estimate of drug-likeness (QED) is 0.883. The molecule has 0 spiro atoms. The van der Waals surface area contributed by atoms with Crippen LogP contribution < -0.4 is 0 Å². The average molecular weight is 305 g/mol. The van der Waals surface area contributed by atoms with E-state index in [0.717, 1.165) is 11.3 Å². The normalized spacial score (nSPS) is 12.2. The summed E-state index contributed by atoms with van der Waals surface area (Å²) in [4.78, 5) is 25.1. The monoisotopic (exact) mass is 305 g/mol. The second kappa shape index (κ2) is 6.00. The van der Waals surface area contributed by atoms with Crippen molar-refractivity contribution in [2.75, 3.05) is 7.05 Å². The summed E-state index contributed by atoms with van der Waals surface area (Å²) >= 11 is 0. The van der Waals surface area contributed by atoms with Gasteiger partial charge in [0.1, 0.15) is 11.7 Å². The highest BCUT2D eigenvalue weighted by Crippen LogP contribution is 2.15. The van der Waals surface area contributed by atoms with Gasteiger partial charge in [-0.25, -0.2) is 9.48 Å². The zero-order chi connectivity index (χ0) is 16.4. The molecule has 0 aliphatic carbocycles. The fourth-order valence-corrected chi connectivity index (χ4v) is 2.25. The van der Waals surface area contributed by atoms with Gasteiger partial charge in [-0.3, -0.25) is 9.48 Å². The summed E-state index contributed by atoms with van der Waals surface area (Å²) in [5.41, 5.74) is 1.92. The zero-order valence-corrected chi connectivity index (χ0v) is 13.0. The Morgan fingerprint density at radius 1 is 1.41 bits per heavy atom. The van der Waals surface area contributed by atoms with Crippen LogP contribution in [0.2, 0.25) is 0 Å². The first-order valence-corrected chi connectivity index (χ1v) is 6.82. The topological polar surface area (TPSA) is 93.2 Å². The lowest BCUT2D eigenvalue weighted by Crippen LogP contribution is -2.34. The summed E-state index contributed by atoms with van der Waals surface area (Å²) in [6.45, 7) is 3.97. The molecule has 0 radical (unpaired) electrons. The van der Waals surface area contributed by atoms with Crippen LogP contribution in [0.15, 0.2) is 18.5 Å². The van der Waals surface area contributed by atoms with Gasteiger partial charge < -0.3 is 10.0 Å². The molecular formula is C14H19N5O3. The van der Waals surface area contributed by atoms with Gasteiger partial charge in [-0.1, -0.05) is 0 Å². The predicted molar refractivity (Wildman–Crippen MR) is 78.3 cm³/mol. The van der Waals surface area contributed by atoms with E-state index in [-0.39, 0.29) is 11.6 Å². The molecular weight excluding hydrogens is 286 g/mol. The van der Waals surface area contributed by atoms with Gasteiger partial charge in [0.2, 0.25) is 5.91 Å². The lowest BCUT2D eigenvalue weighted by molar-refractivity contribution is -0.133. The minimum Gasteiger partial charge on any atom is -0.477 e. The summed E-state index contributed by atoms with van der Waals surface area (Å²) in [5, 5.41) is 17.2. The molecule has 8 nitrogen and oxygen atoms in total. The van der Waals surface area contributed by atoms with Crippen molar-refractivity contribution in [1.29, 1.82) is 0 Å². The third-order valence-electron chi connectivity index (χ3n) is 3.73. The maximum absolute atomic E-state index is 12.5. The highest BCUT2D eigenvalue weighted by Gasteiger charge is 2.24. The standard InChI is InChI=1S/C14H19N5O3/c1-9-11(7-16-18(9)4)8-17(3)13(20)10(2)19-12(14(21)22)5-6-15-19/h5-7,10H,8H2,1-4H3,(H,21,22). The Hall–Kier alpha value is -2.64. The molecule has 0 saturated heterocycles. The fourth-order valence-electron chi connectivity index (χ4n) is 2.25. The molecule has 2 aromatic rings. The van der Waals surface area contributed by atoms with Gasteiger partial charge in [-0.15, -0.1) is 0 Å². The van der Waals surface area contributed by atoms with Gasteiger partial charge in [0.25, 0.3) is 0 Å². The largest absolute Gasteiger partial charge is 0.477 e. The predicted octanol–water partition coefficient (Wildman–Crippen LogP) is 0.843. The second-order valence-electron chi connectivity index (χ2n) is 5.22. The molecule has 0 aliphatic heterocycles. The van der Waals surface area contributed by atoms with E-state index in [9.17, 15) is 9.59 Å². The molecule has 0 bridgehead atoms. The summed E-state index contributed by atoms with van der Waals surface area (Å²) < 4.78 is 2.96. The minimum atomic E-state index is -1.11. The summed E-state index contributed by atoms with van der Waals surface area (Å²) in [7, 11) is 3.52. The molecule has 1 N–H and O–H groups in total. The molecule has 0 aliphatic rings. The van der Waals surface area contributed by atoms with Crippen molar-refractivity contribution in [3.05, 3.63) is 35.4 Å². The number of likely N-dealkylation sites (N-methyl/N-ethyl adjacent to an activating group) is 1. The Kier molecular flexibility index (Phi) is 4.30. The number of hydrogen-bond acceptors (Lipinski definition) is 4. The number of hydrogen-bond donors (Lipinski definition) is 1. The highest BCUT2D eigenvalue weighted by atomic mass is 16.4. The van der Waals surface area contributed by atoms with Crippen molar-refractivity contribution < 1.29 is 14.7 Å². The number of carboxylic acids is 1. The first-order chi connectivity index (χ1) is 10.3. The molecule has 1 unspecified atom stereocenters. The third-order valence-corrected chi connectivity index (χ3v) is 3.73. The van der Waals surface area contributed by atoms with Crippen molar-refractivity contribution in [2.45, 2.75) is 26.4 Å². The molecule has 22 heavy (non-hydrogen) atoms. The fraction of sp³-hybridized carbons (Fsp3) is 0.429. The van der Waals surface area contributed by atoms with E-state index >= 15 is 0 Å². The van der Waals surface area contributed by atoms with Gasteiger partial charge in [0.15, 0.2) is 0 Å². The molecule has 118 valence electrons. The van der Waals surface area contributed by atoms with E-state index in [0.29, 0.717) is 6.54 Å². The Morgan fingerprint density at radius 2 is 2.09 bits per heavy atom. The van der Waals surface area contributed by atoms with E-state index in [2.05, 4.69) is 10.2 Å². The molecule has 2 aromatic heterocycles. The molecule has 2 heterocycles. The summed E-state index contributed by atoms with van der Waals surface area (Å²) in [5.74, 6) is -1.32. The van der Waals surface area contributed by atoms with Gasteiger partial charge in [0, 0.05) is 38.1 Å². The van der Waals surface area contributed by atoms with Crippen LogP contribution in [0.1, 0.15) is 34.7 Å². The maximum Gasteiger partial charge on any atom is 0.354 e. The van der Waals surface area contributed by atoms with Crippen molar-refractivity contribution in [3.8, 4) is 0 Å². The lowest BCUT2D eigenvalue weighted by Gasteiger charge is -2.22. The van der Waals surface area contributed by atoms with E-state index in [1.165, 1.54) is 16.9 Å². The number of carbonyl (C=O) groups excluding carboxylic acids is 1. The maximum atomic E-state index is 12.5. The van der Waals surface area contributed by atoms with Crippen LogP contribution >= 0.6 is 0 Å². The van der Waals surface area contributed by atoms with Crippen molar-refractivity contribution in [1.82, 2.24) is 24.5 Å². The van der Waals surface area contributed by atoms with Gasteiger partial charge >= 0.3 is 5.97 Å². The zero-order valence-electron chi connectivity index (χ0n) is 13.0. The highest BCUT2D eigenvalue weighted by molar-refractivity contribution is 5.87. The molecule has 0 saturated carbocycles. The van der Waals surface area contributed by atoms with E-state index < -0.39 is 12.0 Å². The van der Waals surface area contributed by atoms with Crippen LogP contribution in [0.4, 0.5) is 0 Å². The van der Waals surface area contributed by atoms with Crippen LogP contribution in [0.3, 0.4) is 0 Å². The van der Waals surface area contributed by atoms with Crippen LogP contribution in [-0.4, -0.2) is 48.5 Å². The number of amides is 1. The Bertz CT molecular complexity index is 703. The van der Waals surface area contributed by atoms with E-state index in [4.69, 9.17) is 5.11 Å². The van der Waals surface area contributed by atoms with Crippen LogP contribution in [-0.2, 0) is 18.4 Å². The first-order valence-electron chi connectivity index (χ1n) is 6.82. The average Bonchev–Trinajstić information content (AvgIpc) is 3.08. The number of rotatable bonds is 5. The Labute approximate surface area is 127 Å². The summed E-state index contributed by atoms with van der Waals surface area (Å²) in [6.07, 6.45) is 3.10. The van der Waals surface area contributed by atoms with E-state index in [1.807, 2.05) is 14.0 Å². The first kappa shape index (κ1) is 15.7. The van der Waals surface area contributed by atoms with Crippen molar-refractivity contribution in [3.63, 3.8) is 0 Å².